The highest BCUT2D eigenvalue weighted by Gasteiger charge is 2.39. The van der Waals surface area contributed by atoms with Gasteiger partial charge in [-0.1, -0.05) is 13.8 Å². The number of hydrogen-bond donors (Lipinski definition) is 2. The van der Waals surface area contributed by atoms with Crippen LogP contribution in [0.5, 0.6) is 0 Å². The van der Waals surface area contributed by atoms with Crippen LogP contribution in [-0.2, 0) is 9.59 Å². The molecule has 0 radical (unpaired) electrons. The van der Waals surface area contributed by atoms with Crippen molar-refractivity contribution in [1.82, 2.24) is 10.2 Å². The maximum Gasteiger partial charge on any atom is 0.309 e. The van der Waals surface area contributed by atoms with Crippen LogP contribution in [-0.4, -0.2) is 47.6 Å². The molecule has 1 amide bonds. The summed E-state index contributed by atoms with van der Waals surface area (Å²) in [5.74, 6) is -0.687. The molecule has 0 aromatic carbocycles. The van der Waals surface area contributed by atoms with Crippen LogP contribution in [0.15, 0.2) is 0 Å². The van der Waals surface area contributed by atoms with E-state index in [1.54, 1.807) is 18.7 Å². The lowest BCUT2D eigenvalue weighted by Crippen LogP contribution is -2.49. The van der Waals surface area contributed by atoms with Gasteiger partial charge in [0.1, 0.15) is 0 Å². The van der Waals surface area contributed by atoms with Crippen molar-refractivity contribution in [2.75, 3.05) is 19.6 Å². The maximum atomic E-state index is 12.1. The molecular weight excluding hydrogens is 244 g/mol. The van der Waals surface area contributed by atoms with E-state index in [9.17, 15) is 14.7 Å². The SMILES string of the molecule is CC(C)NCC(=O)N1CCCC(C(C)(C)C(=O)O)C1. The van der Waals surface area contributed by atoms with Crippen molar-refractivity contribution in [3.8, 4) is 0 Å². The summed E-state index contributed by atoms with van der Waals surface area (Å²) < 4.78 is 0. The van der Waals surface area contributed by atoms with Gasteiger partial charge in [0.15, 0.2) is 0 Å². The molecule has 1 fully saturated rings. The Morgan fingerprint density at radius 3 is 2.58 bits per heavy atom. The van der Waals surface area contributed by atoms with Gasteiger partial charge < -0.3 is 15.3 Å². The molecule has 5 nitrogen and oxygen atoms in total. The number of carboxylic acids is 1. The summed E-state index contributed by atoms with van der Waals surface area (Å²) in [6.07, 6.45) is 1.76. The Morgan fingerprint density at radius 2 is 2.05 bits per heavy atom. The predicted molar refractivity (Wildman–Crippen MR) is 73.9 cm³/mol. The largest absolute Gasteiger partial charge is 0.481 e. The van der Waals surface area contributed by atoms with Gasteiger partial charge in [-0.2, -0.15) is 0 Å². The summed E-state index contributed by atoms with van der Waals surface area (Å²) in [6.45, 7) is 9.13. The Kier molecular flexibility index (Phi) is 5.35. The fourth-order valence-electron chi connectivity index (χ4n) is 2.37. The Bertz CT molecular complexity index is 340. The Hall–Kier alpha value is -1.10. The molecule has 0 spiro atoms. The van der Waals surface area contributed by atoms with Crippen LogP contribution in [0.3, 0.4) is 0 Å². The number of hydrogen-bond acceptors (Lipinski definition) is 3. The molecule has 1 rings (SSSR count). The molecule has 0 aromatic rings. The van der Waals surface area contributed by atoms with Crippen molar-refractivity contribution in [2.24, 2.45) is 11.3 Å². The van der Waals surface area contributed by atoms with Gasteiger partial charge in [-0.05, 0) is 32.6 Å². The average Bonchev–Trinajstić information content (AvgIpc) is 2.35. The van der Waals surface area contributed by atoms with E-state index >= 15 is 0 Å². The van der Waals surface area contributed by atoms with E-state index in [0.29, 0.717) is 13.1 Å². The first-order valence-electron chi connectivity index (χ1n) is 6.99. The number of nitrogens with one attached hydrogen (secondary N) is 1. The van der Waals surface area contributed by atoms with E-state index in [-0.39, 0.29) is 17.9 Å². The standard InChI is InChI=1S/C14H26N2O3/c1-10(2)15-8-12(17)16-7-5-6-11(9-16)14(3,4)13(18)19/h10-11,15H,5-9H2,1-4H3,(H,18,19). The van der Waals surface area contributed by atoms with Gasteiger partial charge in [-0.3, -0.25) is 9.59 Å². The fourth-order valence-corrected chi connectivity index (χ4v) is 2.37. The molecule has 1 unspecified atom stereocenters. The Balaban J connectivity index is 2.59. The zero-order valence-electron chi connectivity index (χ0n) is 12.4. The number of rotatable bonds is 5. The third-order valence-corrected chi connectivity index (χ3v) is 4.01. The molecule has 1 aliphatic heterocycles. The van der Waals surface area contributed by atoms with Crippen LogP contribution in [0.2, 0.25) is 0 Å². The van der Waals surface area contributed by atoms with Crippen molar-refractivity contribution < 1.29 is 14.7 Å². The smallest absolute Gasteiger partial charge is 0.309 e. The first-order valence-corrected chi connectivity index (χ1v) is 6.99. The number of carbonyl (C=O) groups is 2. The topological polar surface area (TPSA) is 69.6 Å². The summed E-state index contributed by atoms with van der Waals surface area (Å²) in [5.41, 5.74) is -0.773. The highest BCUT2D eigenvalue weighted by molar-refractivity contribution is 5.79. The number of carbonyl (C=O) groups excluding carboxylic acids is 1. The van der Waals surface area contributed by atoms with Crippen LogP contribution in [0.4, 0.5) is 0 Å². The van der Waals surface area contributed by atoms with Gasteiger partial charge in [0.05, 0.1) is 12.0 Å². The van der Waals surface area contributed by atoms with Crippen molar-refractivity contribution in [3.05, 3.63) is 0 Å². The van der Waals surface area contributed by atoms with Crippen molar-refractivity contribution in [2.45, 2.75) is 46.6 Å². The van der Waals surface area contributed by atoms with Gasteiger partial charge in [0.2, 0.25) is 5.91 Å². The highest BCUT2D eigenvalue weighted by Crippen LogP contribution is 2.34. The number of likely N-dealkylation sites (tertiary alicyclic amines) is 1. The van der Waals surface area contributed by atoms with Gasteiger partial charge in [0, 0.05) is 19.1 Å². The summed E-state index contributed by atoms with van der Waals surface area (Å²) in [6, 6.07) is 0.278. The van der Waals surface area contributed by atoms with Gasteiger partial charge in [-0.25, -0.2) is 0 Å². The predicted octanol–water partition coefficient (Wildman–Crippen LogP) is 1.33. The monoisotopic (exact) mass is 270 g/mol. The van der Waals surface area contributed by atoms with E-state index in [1.165, 1.54) is 0 Å². The minimum Gasteiger partial charge on any atom is -0.481 e. The molecule has 0 aliphatic carbocycles. The van der Waals surface area contributed by atoms with E-state index < -0.39 is 11.4 Å². The summed E-state index contributed by atoms with van der Waals surface area (Å²) in [7, 11) is 0. The van der Waals surface area contributed by atoms with E-state index in [2.05, 4.69) is 5.32 Å². The van der Waals surface area contributed by atoms with Crippen LogP contribution in [0.1, 0.15) is 40.5 Å². The second-order valence-electron chi connectivity index (χ2n) is 6.24. The second kappa shape index (κ2) is 6.37. The highest BCUT2D eigenvalue weighted by atomic mass is 16.4. The minimum atomic E-state index is -0.785. The number of nitrogens with zero attached hydrogens (tertiary/aromatic N) is 1. The third kappa shape index (κ3) is 4.20. The molecule has 1 atom stereocenters. The van der Waals surface area contributed by atoms with Crippen LogP contribution >= 0.6 is 0 Å². The molecule has 0 saturated carbocycles. The summed E-state index contributed by atoms with van der Waals surface area (Å²) in [5, 5.41) is 12.4. The number of piperidine rings is 1. The average molecular weight is 270 g/mol. The van der Waals surface area contributed by atoms with Gasteiger partial charge in [-0.15, -0.1) is 0 Å². The zero-order chi connectivity index (χ0) is 14.6. The lowest BCUT2D eigenvalue weighted by Gasteiger charge is -2.39. The van der Waals surface area contributed by atoms with Crippen LogP contribution in [0.25, 0.3) is 0 Å². The molecule has 110 valence electrons. The van der Waals surface area contributed by atoms with E-state index in [0.717, 1.165) is 19.4 Å². The summed E-state index contributed by atoms with van der Waals surface area (Å²) in [4.78, 5) is 25.2. The molecular formula is C14H26N2O3. The van der Waals surface area contributed by atoms with Crippen molar-refractivity contribution in [3.63, 3.8) is 0 Å². The number of amides is 1. The Morgan fingerprint density at radius 1 is 1.42 bits per heavy atom. The molecule has 1 heterocycles. The first-order chi connectivity index (χ1) is 8.75. The number of carboxylic acid groups (broad SMARTS) is 1. The lowest BCUT2D eigenvalue weighted by atomic mass is 9.74. The third-order valence-electron chi connectivity index (χ3n) is 4.01. The minimum absolute atomic E-state index is 0.0294. The molecule has 0 aromatic heterocycles. The second-order valence-corrected chi connectivity index (χ2v) is 6.24. The molecule has 1 saturated heterocycles. The first kappa shape index (κ1) is 16.0. The maximum absolute atomic E-state index is 12.1. The zero-order valence-corrected chi connectivity index (χ0v) is 12.4. The molecule has 19 heavy (non-hydrogen) atoms. The van der Waals surface area contributed by atoms with E-state index in [1.807, 2.05) is 13.8 Å². The fraction of sp³-hybridized carbons (Fsp3) is 0.857. The van der Waals surface area contributed by atoms with Crippen molar-refractivity contribution >= 4 is 11.9 Å². The van der Waals surface area contributed by atoms with Gasteiger partial charge in [0.25, 0.3) is 0 Å². The van der Waals surface area contributed by atoms with Gasteiger partial charge >= 0.3 is 5.97 Å². The molecule has 5 heteroatoms. The molecule has 2 N–H and O–H groups in total. The quantitative estimate of drug-likeness (QED) is 0.791. The number of aliphatic carboxylic acids is 1. The van der Waals surface area contributed by atoms with E-state index in [4.69, 9.17) is 0 Å². The Labute approximate surface area is 115 Å². The molecule has 0 bridgehead atoms. The van der Waals surface area contributed by atoms with Crippen LogP contribution in [0, 0.1) is 11.3 Å². The lowest BCUT2D eigenvalue weighted by molar-refractivity contribution is -0.153. The molecule has 1 aliphatic rings. The van der Waals surface area contributed by atoms with Crippen LogP contribution < -0.4 is 5.32 Å². The van der Waals surface area contributed by atoms with Crippen molar-refractivity contribution in [1.29, 1.82) is 0 Å². The summed E-state index contributed by atoms with van der Waals surface area (Å²) >= 11 is 0. The normalized spacial score (nSPS) is 20.7.